The summed E-state index contributed by atoms with van der Waals surface area (Å²) < 4.78 is 0. The Morgan fingerprint density at radius 2 is 1.00 bits per heavy atom. The van der Waals surface area contributed by atoms with Crippen LogP contribution in [0.5, 0.6) is 0 Å². The van der Waals surface area contributed by atoms with Gasteiger partial charge in [-0.1, -0.05) is 109 Å². The molecule has 0 aliphatic heterocycles. The first-order chi connectivity index (χ1) is 22.8. The highest BCUT2D eigenvalue weighted by Crippen LogP contribution is 2.33. The van der Waals surface area contributed by atoms with Crippen LogP contribution in [0, 0.1) is 0 Å². The van der Waals surface area contributed by atoms with Crippen molar-refractivity contribution in [3.63, 3.8) is 0 Å². The molecule has 0 N–H and O–H groups in total. The molecule has 0 saturated heterocycles. The molecule has 5 aromatic carbocycles. The summed E-state index contributed by atoms with van der Waals surface area (Å²) in [5.41, 5.74) is 9.17. The van der Waals surface area contributed by atoms with Crippen molar-refractivity contribution < 1.29 is 0 Å². The number of fused-ring (bicyclic) bond motifs is 5. The number of rotatable bonds is 4. The topological polar surface area (TPSA) is 64.5 Å². The predicted octanol–water partition coefficient (Wildman–Crippen LogP) is 9.94. The van der Waals surface area contributed by atoms with E-state index in [0.29, 0.717) is 5.82 Å². The van der Waals surface area contributed by atoms with Crippen molar-refractivity contribution in [1.29, 1.82) is 0 Å². The van der Waals surface area contributed by atoms with Crippen LogP contribution >= 0.6 is 0 Å². The van der Waals surface area contributed by atoms with E-state index < -0.39 is 0 Å². The molecule has 0 aliphatic carbocycles. The second kappa shape index (κ2) is 10.7. The highest BCUT2D eigenvalue weighted by molar-refractivity contribution is 6.04. The monoisotopic (exact) mass is 587 g/mol. The predicted molar refractivity (Wildman–Crippen MR) is 187 cm³/mol. The van der Waals surface area contributed by atoms with Crippen molar-refractivity contribution in [3.05, 3.63) is 152 Å². The summed E-state index contributed by atoms with van der Waals surface area (Å²) in [5, 5.41) is 5.52. The number of pyridine rings is 3. The molecule has 0 amide bonds. The number of hydrogen-bond acceptors (Lipinski definition) is 5. The highest BCUT2D eigenvalue weighted by atomic mass is 14.9. The van der Waals surface area contributed by atoms with Crippen LogP contribution in [0.4, 0.5) is 0 Å². The van der Waals surface area contributed by atoms with Crippen LogP contribution < -0.4 is 0 Å². The number of aromatic nitrogens is 5. The second-order valence-corrected chi connectivity index (χ2v) is 11.4. The molecular weight excluding hydrogens is 562 g/mol. The van der Waals surface area contributed by atoms with Crippen molar-refractivity contribution in [2.45, 2.75) is 0 Å². The van der Waals surface area contributed by atoms with Gasteiger partial charge in [0.15, 0.2) is 5.82 Å². The number of hydrogen-bond donors (Lipinski definition) is 0. The molecule has 4 aromatic heterocycles. The lowest BCUT2D eigenvalue weighted by Gasteiger charge is -2.11. The average Bonchev–Trinajstić information content (AvgIpc) is 3.14. The Morgan fingerprint density at radius 1 is 0.370 bits per heavy atom. The van der Waals surface area contributed by atoms with Gasteiger partial charge in [0.25, 0.3) is 0 Å². The molecule has 0 unspecified atom stereocenters. The lowest BCUT2D eigenvalue weighted by molar-refractivity contribution is 1.23. The summed E-state index contributed by atoms with van der Waals surface area (Å²) in [7, 11) is 0. The summed E-state index contributed by atoms with van der Waals surface area (Å²) >= 11 is 0. The van der Waals surface area contributed by atoms with Crippen LogP contribution in [0.2, 0.25) is 0 Å². The van der Waals surface area contributed by atoms with E-state index in [4.69, 9.17) is 19.9 Å². The molecule has 0 fully saturated rings. The maximum atomic E-state index is 5.12. The third kappa shape index (κ3) is 4.54. The van der Waals surface area contributed by atoms with Crippen molar-refractivity contribution >= 4 is 43.5 Å². The van der Waals surface area contributed by atoms with E-state index in [2.05, 4.69) is 114 Å². The van der Waals surface area contributed by atoms with E-state index in [-0.39, 0.29) is 0 Å². The summed E-state index contributed by atoms with van der Waals surface area (Å²) in [4.78, 5) is 24.7. The third-order valence-electron chi connectivity index (χ3n) is 8.51. The Bertz CT molecular complexity index is 2580. The quantitative estimate of drug-likeness (QED) is 0.192. The Balaban J connectivity index is 1.12. The number of benzene rings is 5. The van der Waals surface area contributed by atoms with Gasteiger partial charge in [0, 0.05) is 39.0 Å². The zero-order valence-electron chi connectivity index (χ0n) is 24.7. The summed E-state index contributed by atoms with van der Waals surface area (Å²) in [5.74, 6) is 0.692. The minimum Gasteiger partial charge on any atom is -0.255 e. The molecular formula is C41H25N5. The van der Waals surface area contributed by atoms with Crippen molar-refractivity contribution in [2.75, 3.05) is 0 Å². The Morgan fingerprint density at radius 3 is 1.80 bits per heavy atom. The van der Waals surface area contributed by atoms with Gasteiger partial charge in [0.1, 0.15) is 0 Å². The average molecular weight is 588 g/mol. The molecule has 0 atom stereocenters. The van der Waals surface area contributed by atoms with Crippen LogP contribution in [0.15, 0.2) is 152 Å². The first-order valence-corrected chi connectivity index (χ1v) is 15.3. The summed E-state index contributed by atoms with van der Waals surface area (Å²) in [6.45, 7) is 0. The van der Waals surface area contributed by atoms with Crippen molar-refractivity contribution in [1.82, 2.24) is 24.9 Å². The molecule has 5 nitrogen and oxygen atoms in total. The first-order valence-electron chi connectivity index (χ1n) is 15.3. The van der Waals surface area contributed by atoms with E-state index in [0.717, 1.165) is 72.2 Å². The van der Waals surface area contributed by atoms with Gasteiger partial charge >= 0.3 is 0 Å². The number of para-hydroxylation sites is 1. The minimum absolute atomic E-state index is 0.692. The smallest absolute Gasteiger partial charge is 0.160 e. The Labute approximate surface area is 264 Å². The summed E-state index contributed by atoms with van der Waals surface area (Å²) in [6, 6.07) is 49.8. The van der Waals surface area contributed by atoms with E-state index in [1.54, 1.807) is 6.20 Å². The van der Waals surface area contributed by atoms with Gasteiger partial charge in [0.2, 0.25) is 0 Å². The fourth-order valence-electron chi connectivity index (χ4n) is 6.14. The van der Waals surface area contributed by atoms with Gasteiger partial charge in [-0.25, -0.2) is 19.9 Å². The molecule has 0 aliphatic rings. The zero-order chi connectivity index (χ0) is 30.5. The normalized spacial score (nSPS) is 11.5. The van der Waals surface area contributed by atoms with Crippen molar-refractivity contribution in [2.24, 2.45) is 0 Å². The Kier molecular flexibility index (Phi) is 6.06. The molecule has 0 bridgehead atoms. The molecule has 9 aromatic rings. The van der Waals surface area contributed by atoms with Gasteiger partial charge in [-0.3, -0.25) is 4.98 Å². The maximum absolute atomic E-state index is 5.12. The highest BCUT2D eigenvalue weighted by Gasteiger charge is 2.13. The van der Waals surface area contributed by atoms with Crippen LogP contribution in [0.25, 0.3) is 88.8 Å². The molecule has 4 heterocycles. The minimum atomic E-state index is 0.692. The van der Waals surface area contributed by atoms with E-state index in [1.165, 1.54) is 10.8 Å². The van der Waals surface area contributed by atoms with Gasteiger partial charge < -0.3 is 0 Å². The second-order valence-electron chi connectivity index (χ2n) is 11.4. The van der Waals surface area contributed by atoms with Crippen LogP contribution in [0.3, 0.4) is 0 Å². The molecule has 0 radical (unpaired) electrons. The SMILES string of the molecule is c1ccc(-c2ccc3ccc4ccc(-c5ccc(-c6nc(-c7ccc8ccccc8c7)c7ccccc7n6)cc5)nc4c3n2)nc1. The molecule has 0 saturated carbocycles. The van der Waals surface area contributed by atoms with Crippen LogP contribution in [-0.2, 0) is 0 Å². The molecule has 5 heteroatoms. The number of nitrogens with zero attached hydrogens (tertiary/aromatic N) is 5. The van der Waals surface area contributed by atoms with Gasteiger partial charge in [0.05, 0.1) is 39.3 Å². The molecule has 46 heavy (non-hydrogen) atoms. The fourth-order valence-corrected chi connectivity index (χ4v) is 6.14. The Hall–Kier alpha value is -6.33. The lowest BCUT2D eigenvalue weighted by Crippen LogP contribution is -1.95. The van der Waals surface area contributed by atoms with Gasteiger partial charge in [-0.2, -0.15) is 0 Å². The van der Waals surface area contributed by atoms with Crippen LogP contribution in [-0.4, -0.2) is 24.9 Å². The largest absolute Gasteiger partial charge is 0.255 e. The first kappa shape index (κ1) is 26.1. The van der Waals surface area contributed by atoms with E-state index in [1.807, 2.05) is 36.4 Å². The van der Waals surface area contributed by atoms with Crippen molar-refractivity contribution in [3.8, 4) is 45.3 Å². The molecule has 0 spiro atoms. The molecule has 214 valence electrons. The molecule has 9 rings (SSSR count). The fraction of sp³-hybridized carbons (Fsp3) is 0. The zero-order valence-corrected chi connectivity index (χ0v) is 24.7. The van der Waals surface area contributed by atoms with Crippen LogP contribution in [0.1, 0.15) is 0 Å². The maximum Gasteiger partial charge on any atom is 0.160 e. The summed E-state index contributed by atoms with van der Waals surface area (Å²) in [6.07, 6.45) is 1.79. The third-order valence-corrected chi connectivity index (χ3v) is 8.51. The van der Waals surface area contributed by atoms with E-state index in [9.17, 15) is 0 Å². The lowest BCUT2D eigenvalue weighted by atomic mass is 10.0. The van der Waals surface area contributed by atoms with Gasteiger partial charge in [-0.15, -0.1) is 0 Å². The van der Waals surface area contributed by atoms with E-state index >= 15 is 0 Å². The standard InChI is InChI=1S/C41H25N5/c1-2-8-31-25-32(19-12-26(31)7-1)38-33-9-3-4-10-35(33)45-41(46-38)30-17-13-27(14-18-30)34-22-20-28-15-16-29-21-23-37(36-11-5-6-24-42-36)44-40(29)39(28)43-34/h1-25H. The van der Waals surface area contributed by atoms with Gasteiger partial charge in [-0.05, 0) is 47.2 Å².